The van der Waals surface area contributed by atoms with Crippen LogP contribution in [-0.4, -0.2) is 17.2 Å². The van der Waals surface area contributed by atoms with Crippen molar-refractivity contribution in [2.75, 3.05) is 0 Å². The Balaban J connectivity index is 2.12. The highest BCUT2D eigenvalue weighted by atomic mass is 16.5. The molecule has 0 aliphatic heterocycles. The fraction of sp³-hybridized carbons (Fsp3) is 0.500. The molecule has 4 heteroatoms. The molecule has 1 aliphatic carbocycles. The number of benzene rings is 1. The number of carboxylic acids is 1. The summed E-state index contributed by atoms with van der Waals surface area (Å²) in [4.78, 5) is 11.2. The van der Waals surface area contributed by atoms with Crippen molar-refractivity contribution in [3.8, 4) is 5.75 Å². The molecule has 1 aromatic rings. The summed E-state index contributed by atoms with van der Waals surface area (Å²) >= 11 is 0. The van der Waals surface area contributed by atoms with E-state index in [1.165, 1.54) is 0 Å². The second kappa shape index (κ2) is 4.61. The first kappa shape index (κ1) is 12.9. The van der Waals surface area contributed by atoms with E-state index in [2.05, 4.69) is 0 Å². The van der Waals surface area contributed by atoms with Crippen molar-refractivity contribution in [2.45, 2.75) is 38.8 Å². The van der Waals surface area contributed by atoms with Crippen molar-refractivity contribution in [3.63, 3.8) is 0 Å². The summed E-state index contributed by atoms with van der Waals surface area (Å²) < 4.78 is 5.54. The third-order valence-electron chi connectivity index (χ3n) is 3.42. The molecule has 0 amide bonds. The smallest absolute Gasteiger partial charge is 0.311 e. The van der Waals surface area contributed by atoms with Crippen LogP contribution >= 0.6 is 0 Å². The maximum absolute atomic E-state index is 11.2. The second-order valence-electron chi connectivity index (χ2n) is 5.17. The zero-order valence-electron chi connectivity index (χ0n) is 10.7. The van der Waals surface area contributed by atoms with Crippen molar-refractivity contribution in [1.82, 2.24) is 0 Å². The first-order chi connectivity index (χ1) is 8.45. The van der Waals surface area contributed by atoms with Crippen LogP contribution in [0.4, 0.5) is 0 Å². The molecular weight excluding hydrogens is 230 g/mol. The zero-order valence-corrected chi connectivity index (χ0v) is 10.7. The van der Waals surface area contributed by atoms with Crippen molar-refractivity contribution in [3.05, 3.63) is 29.8 Å². The lowest BCUT2D eigenvalue weighted by molar-refractivity contribution is -0.144. The van der Waals surface area contributed by atoms with Crippen LogP contribution in [-0.2, 0) is 4.79 Å². The highest BCUT2D eigenvalue weighted by Crippen LogP contribution is 2.54. The number of hydrogen-bond donors (Lipinski definition) is 2. The lowest BCUT2D eigenvalue weighted by atomic mass is 9.91. The van der Waals surface area contributed by atoms with Gasteiger partial charge in [0.05, 0.1) is 11.5 Å². The van der Waals surface area contributed by atoms with Crippen LogP contribution in [0, 0.1) is 5.41 Å². The summed E-state index contributed by atoms with van der Waals surface area (Å²) in [6.45, 7) is 3.92. The van der Waals surface area contributed by atoms with Crippen LogP contribution in [0.3, 0.4) is 0 Å². The molecule has 98 valence electrons. The van der Waals surface area contributed by atoms with Crippen molar-refractivity contribution >= 4 is 5.97 Å². The molecule has 3 N–H and O–H groups in total. The Kier molecular flexibility index (Phi) is 3.30. The van der Waals surface area contributed by atoms with E-state index < -0.39 is 17.4 Å². The molecular formula is C14H19NO3. The Bertz CT molecular complexity index is 435. The molecule has 1 aromatic carbocycles. The first-order valence-electron chi connectivity index (χ1n) is 6.21. The monoisotopic (exact) mass is 249 g/mol. The van der Waals surface area contributed by atoms with Gasteiger partial charge in [-0.25, -0.2) is 0 Å². The summed E-state index contributed by atoms with van der Waals surface area (Å²) in [7, 11) is 0. The maximum atomic E-state index is 11.2. The Labute approximate surface area is 107 Å². The van der Waals surface area contributed by atoms with Gasteiger partial charge in [-0.3, -0.25) is 4.79 Å². The van der Waals surface area contributed by atoms with E-state index in [9.17, 15) is 9.90 Å². The molecule has 1 unspecified atom stereocenters. The van der Waals surface area contributed by atoms with Gasteiger partial charge in [0.2, 0.25) is 0 Å². The third kappa shape index (κ3) is 2.34. The normalized spacial score (nSPS) is 18.4. The first-order valence-corrected chi connectivity index (χ1v) is 6.21. The summed E-state index contributed by atoms with van der Waals surface area (Å²) in [6.07, 6.45) is 1.44. The minimum Gasteiger partial charge on any atom is -0.491 e. The average molecular weight is 249 g/mol. The quantitative estimate of drug-likeness (QED) is 0.840. The van der Waals surface area contributed by atoms with Gasteiger partial charge in [0, 0.05) is 6.04 Å². The predicted molar refractivity (Wildman–Crippen MR) is 68.4 cm³/mol. The Morgan fingerprint density at radius 2 is 1.89 bits per heavy atom. The molecule has 1 fully saturated rings. The van der Waals surface area contributed by atoms with Gasteiger partial charge in [-0.05, 0) is 44.4 Å². The molecule has 1 saturated carbocycles. The average Bonchev–Trinajstić information content (AvgIpc) is 3.09. The van der Waals surface area contributed by atoms with E-state index in [-0.39, 0.29) is 6.10 Å². The lowest BCUT2D eigenvalue weighted by Crippen LogP contribution is -2.29. The van der Waals surface area contributed by atoms with Crippen molar-refractivity contribution in [2.24, 2.45) is 11.1 Å². The van der Waals surface area contributed by atoms with E-state index in [1.54, 1.807) is 0 Å². The molecule has 1 atom stereocenters. The van der Waals surface area contributed by atoms with E-state index >= 15 is 0 Å². The minimum atomic E-state index is -0.794. The second-order valence-corrected chi connectivity index (χ2v) is 5.17. The van der Waals surface area contributed by atoms with Gasteiger partial charge in [0.15, 0.2) is 0 Å². The van der Waals surface area contributed by atoms with E-state index in [1.807, 2.05) is 38.1 Å². The van der Waals surface area contributed by atoms with Gasteiger partial charge >= 0.3 is 5.97 Å². The molecule has 0 heterocycles. The van der Waals surface area contributed by atoms with Crippen LogP contribution in [0.25, 0.3) is 0 Å². The van der Waals surface area contributed by atoms with E-state index in [0.717, 1.165) is 11.3 Å². The highest BCUT2D eigenvalue weighted by Gasteiger charge is 2.55. The van der Waals surface area contributed by atoms with Gasteiger partial charge in [-0.1, -0.05) is 12.1 Å². The molecule has 0 bridgehead atoms. The molecule has 1 aliphatic rings. The van der Waals surface area contributed by atoms with E-state index in [0.29, 0.717) is 12.8 Å². The van der Waals surface area contributed by atoms with Crippen LogP contribution in [0.1, 0.15) is 38.3 Å². The SMILES string of the molecule is CC(C)Oc1ccc(C(N)C2(C(=O)O)CC2)cc1. The molecule has 4 nitrogen and oxygen atoms in total. The molecule has 0 saturated heterocycles. The number of carbonyl (C=O) groups is 1. The Morgan fingerprint density at radius 3 is 2.28 bits per heavy atom. The molecule has 18 heavy (non-hydrogen) atoms. The number of aliphatic carboxylic acids is 1. The molecule has 0 aromatic heterocycles. The molecule has 0 radical (unpaired) electrons. The molecule has 0 spiro atoms. The topological polar surface area (TPSA) is 72.5 Å². The summed E-state index contributed by atoms with van der Waals surface area (Å²) in [6, 6.07) is 6.94. The summed E-state index contributed by atoms with van der Waals surface area (Å²) in [5.41, 5.74) is 6.17. The third-order valence-corrected chi connectivity index (χ3v) is 3.42. The lowest BCUT2D eigenvalue weighted by Gasteiger charge is -2.20. The Morgan fingerprint density at radius 1 is 1.33 bits per heavy atom. The minimum absolute atomic E-state index is 0.123. The van der Waals surface area contributed by atoms with Crippen LogP contribution in [0.15, 0.2) is 24.3 Å². The van der Waals surface area contributed by atoms with Crippen molar-refractivity contribution < 1.29 is 14.6 Å². The van der Waals surface area contributed by atoms with E-state index in [4.69, 9.17) is 10.5 Å². The van der Waals surface area contributed by atoms with Crippen LogP contribution in [0.2, 0.25) is 0 Å². The maximum Gasteiger partial charge on any atom is 0.311 e. The predicted octanol–water partition coefficient (Wildman–Crippen LogP) is 2.34. The van der Waals surface area contributed by atoms with Crippen molar-refractivity contribution in [1.29, 1.82) is 0 Å². The number of nitrogens with two attached hydrogens (primary N) is 1. The standard InChI is InChI=1S/C14H19NO3/c1-9(2)18-11-5-3-10(4-6-11)12(15)14(7-8-14)13(16)17/h3-6,9,12H,7-8,15H2,1-2H3,(H,16,17). The number of ether oxygens (including phenoxy) is 1. The molecule has 2 rings (SSSR count). The van der Waals surface area contributed by atoms with Gasteiger partial charge in [-0.2, -0.15) is 0 Å². The highest BCUT2D eigenvalue weighted by molar-refractivity contribution is 5.79. The summed E-state index contributed by atoms with van der Waals surface area (Å²) in [5.74, 6) is -0.0152. The van der Waals surface area contributed by atoms with Gasteiger partial charge < -0.3 is 15.6 Å². The summed E-state index contributed by atoms with van der Waals surface area (Å²) in [5, 5.41) is 9.20. The van der Waals surface area contributed by atoms with Gasteiger partial charge in [0.1, 0.15) is 5.75 Å². The largest absolute Gasteiger partial charge is 0.491 e. The fourth-order valence-corrected chi connectivity index (χ4v) is 2.14. The Hall–Kier alpha value is -1.55. The van der Waals surface area contributed by atoms with Crippen LogP contribution in [0.5, 0.6) is 5.75 Å². The number of rotatable bonds is 5. The fourth-order valence-electron chi connectivity index (χ4n) is 2.14. The number of hydrogen-bond acceptors (Lipinski definition) is 3. The van der Waals surface area contributed by atoms with Gasteiger partial charge in [-0.15, -0.1) is 0 Å². The van der Waals surface area contributed by atoms with Crippen LogP contribution < -0.4 is 10.5 Å². The zero-order chi connectivity index (χ0) is 13.3. The number of carboxylic acid groups (broad SMARTS) is 1. The van der Waals surface area contributed by atoms with Gasteiger partial charge in [0.25, 0.3) is 0 Å².